The number of benzene rings is 2. The second kappa shape index (κ2) is 7.16. The summed E-state index contributed by atoms with van der Waals surface area (Å²) < 4.78 is 0. The van der Waals surface area contributed by atoms with Crippen molar-refractivity contribution in [3.05, 3.63) is 64.7 Å². The lowest BCUT2D eigenvalue weighted by molar-refractivity contribution is -0.136. The van der Waals surface area contributed by atoms with Crippen molar-refractivity contribution < 1.29 is 19.2 Å². The van der Waals surface area contributed by atoms with Crippen molar-refractivity contribution in [1.29, 1.82) is 0 Å². The second-order valence-electron chi connectivity index (χ2n) is 7.46. The van der Waals surface area contributed by atoms with Gasteiger partial charge in [-0.3, -0.25) is 29.4 Å². The Hall–Kier alpha value is -3.48. The molecule has 2 aliphatic rings. The number of rotatable bonds is 4. The van der Waals surface area contributed by atoms with Gasteiger partial charge in [0.15, 0.2) is 0 Å². The minimum atomic E-state index is -0.951. The summed E-state index contributed by atoms with van der Waals surface area (Å²) in [5.74, 6) is -1.98. The van der Waals surface area contributed by atoms with E-state index in [1.165, 1.54) is 11.1 Å². The maximum atomic E-state index is 12.9. The average molecular weight is 391 g/mol. The first-order valence-electron chi connectivity index (χ1n) is 9.48. The van der Waals surface area contributed by atoms with Crippen LogP contribution in [0.3, 0.4) is 0 Å². The third kappa shape index (κ3) is 3.29. The smallest absolute Gasteiger partial charge is 0.262 e. The first-order chi connectivity index (χ1) is 13.9. The molecule has 4 rings (SSSR count). The standard InChI is InChI=1S/C22H21N3O4/c1-13-5-3-4-6-14(13)12-24(2)15-7-8-16-17(11-15)22(29)25(21(16)28)18-9-10-19(26)23-20(18)27/h3-8,11,18H,9-10,12H2,1-2H3,(H,23,26,27). The number of anilines is 1. The van der Waals surface area contributed by atoms with Crippen molar-refractivity contribution in [2.75, 3.05) is 11.9 Å². The normalized spacial score (nSPS) is 18.7. The van der Waals surface area contributed by atoms with Crippen LogP contribution in [0.25, 0.3) is 0 Å². The number of aryl methyl sites for hydroxylation is 1. The van der Waals surface area contributed by atoms with Crippen LogP contribution in [0.4, 0.5) is 5.69 Å². The zero-order valence-electron chi connectivity index (χ0n) is 16.3. The van der Waals surface area contributed by atoms with Crippen LogP contribution in [0, 0.1) is 6.92 Å². The molecule has 2 aromatic carbocycles. The largest absolute Gasteiger partial charge is 0.370 e. The number of amides is 4. The summed E-state index contributed by atoms with van der Waals surface area (Å²) in [7, 11) is 1.92. The Labute approximate surface area is 168 Å². The number of piperidine rings is 1. The molecule has 148 valence electrons. The Morgan fingerprint density at radius 2 is 1.76 bits per heavy atom. The molecule has 0 spiro atoms. The van der Waals surface area contributed by atoms with Crippen molar-refractivity contribution in [1.82, 2.24) is 10.2 Å². The van der Waals surface area contributed by atoms with E-state index in [0.717, 1.165) is 10.6 Å². The number of imide groups is 2. The van der Waals surface area contributed by atoms with E-state index in [1.807, 2.05) is 37.1 Å². The van der Waals surface area contributed by atoms with Crippen LogP contribution in [0.2, 0.25) is 0 Å². The molecule has 7 heteroatoms. The zero-order valence-corrected chi connectivity index (χ0v) is 16.3. The van der Waals surface area contributed by atoms with Crippen molar-refractivity contribution >= 4 is 29.3 Å². The Morgan fingerprint density at radius 1 is 1.03 bits per heavy atom. The maximum Gasteiger partial charge on any atom is 0.262 e. The van der Waals surface area contributed by atoms with E-state index in [0.29, 0.717) is 6.54 Å². The van der Waals surface area contributed by atoms with Crippen molar-refractivity contribution in [2.45, 2.75) is 32.4 Å². The molecule has 2 aromatic rings. The Bertz CT molecular complexity index is 1050. The topological polar surface area (TPSA) is 86.8 Å². The quantitative estimate of drug-likeness (QED) is 0.806. The summed E-state index contributed by atoms with van der Waals surface area (Å²) in [5, 5.41) is 2.20. The fourth-order valence-corrected chi connectivity index (χ4v) is 3.83. The highest BCUT2D eigenvalue weighted by molar-refractivity contribution is 6.23. The van der Waals surface area contributed by atoms with Gasteiger partial charge in [-0.2, -0.15) is 0 Å². The molecule has 0 radical (unpaired) electrons. The summed E-state index contributed by atoms with van der Waals surface area (Å²) in [6.45, 7) is 2.70. The molecule has 1 fully saturated rings. The number of carbonyl (C=O) groups excluding carboxylic acids is 4. The van der Waals surface area contributed by atoms with E-state index >= 15 is 0 Å². The minimum absolute atomic E-state index is 0.105. The van der Waals surface area contributed by atoms with Gasteiger partial charge in [0.1, 0.15) is 6.04 Å². The number of nitrogens with zero attached hydrogens (tertiary/aromatic N) is 2. The Morgan fingerprint density at radius 3 is 2.48 bits per heavy atom. The molecular formula is C22H21N3O4. The number of nitrogens with one attached hydrogen (secondary N) is 1. The summed E-state index contributed by atoms with van der Waals surface area (Å²) in [6.07, 6.45) is 0.254. The molecule has 7 nitrogen and oxygen atoms in total. The predicted octanol–water partition coefficient (Wildman–Crippen LogP) is 2.03. The van der Waals surface area contributed by atoms with Crippen LogP contribution >= 0.6 is 0 Å². The first-order valence-corrected chi connectivity index (χ1v) is 9.48. The van der Waals surface area contributed by atoms with E-state index in [1.54, 1.807) is 18.2 Å². The average Bonchev–Trinajstić information content (AvgIpc) is 2.94. The van der Waals surface area contributed by atoms with E-state index in [2.05, 4.69) is 11.4 Å². The first kappa shape index (κ1) is 18.9. The molecule has 1 N–H and O–H groups in total. The van der Waals surface area contributed by atoms with Crippen molar-refractivity contribution in [2.24, 2.45) is 0 Å². The van der Waals surface area contributed by atoms with E-state index in [4.69, 9.17) is 0 Å². The van der Waals surface area contributed by atoms with Gasteiger partial charge in [0.25, 0.3) is 11.8 Å². The molecule has 2 aliphatic heterocycles. The highest BCUT2D eigenvalue weighted by Crippen LogP contribution is 2.30. The fourth-order valence-electron chi connectivity index (χ4n) is 3.83. The van der Waals surface area contributed by atoms with Crippen LogP contribution in [-0.2, 0) is 16.1 Å². The zero-order chi connectivity index (χ0) is 20.7. The molecule has 0 aromatic heterocycles. The number of carbonyl (C=O) groups is 4. The number of fused-ring (bicyclic) bond motifs is 1. The Balaban J connectivity index is 1.59. The molecular weight excluding hydrogens is 370 g/mol. The van der Waals surface area contributed by atoms with Gasteiger partial charge < -0.3 is 4.90 Å². The van der Waals surface area contributed by atoms with Gasteiger partial charge >= 0.3 is 0 Å². The monoisotopic (exact) mass is 391 g/mol. The summed E-state index contributed by atoms with van der Waals surface area (Å²) in [5.41, 5.74) is 3.72. The highest BCUT2D eigenvalue weighted by atomic mass is 16.2. The van der Waals surface area contributed by atoms with Crippen molar-refractivity contribution in [3.8, 4) is 0 Å². The maximum absolute atomic E-state index is 12.9. The Kier molecular flexibility index (Phi) is 4.66. The number of hydrogen-bond acceptors (Lipinski definition) is 5. The summed E-state index contributed by atoms with van der Waals surface area (Å²) in [4.78, 5) is 52.3. The van der Waals surface area contributed by atoms with E-state index in [9.17, 15) is 19.2 Å². The molecule has 0 bridgehead atoms. The summed E-state index contributed by atoms with van der Waals surface area (Å²) >= 11 is 0. The molecule has 2 heterocycles. The van der Waals surface area contributed by atoms with Crippen LogP contribution in [0.1, 0.15) is 44.7 Å². The van der Waals surface area contributed by atoms with Crippen molar-refractivity contribution in [3.63, 3.8) is 0 Å². The lowest BCUT2D eigenvalue weighted by Crippen LogP contribution is -2.54. The van der Waals surface area contributed by atoms with Crippen LogP contribution in [0.5, 0.6) is 0 Å². The van der Waals surface area contributed by atoms with Crippen LogP contribution in [-0.4, -0.2) is 41.6 Å². The SMILES string of the molecule is Cc1ccccc1CN(C)c1ccc2c(c1)C(=O)N(C1CCC(=O)NC1=O)C2=O. The predicted molar refractivity (Wildman–Crippen MR) is 106 cm³/mol. The lowest BCUT2D eigenvalue weighted by atomic mass is 10.0. The number of hydrogen-bond donors (Lipinski definition) is 1. The van der Waals surface area contributed by atoms with Crippen LogP contribution < -0.4 is 10.2 Å². The summed E-state index contributed by atoms with van der Waals surface area (Å²) in [6, 6.07) is 12.3. The van der Waals surface area contributed by atoms with E-state index in [-0.39, 0.29) is 29.9 Å². The van der Waals surface area contributed by atoms with E-state index < -0.39 is 23.8 Å². The molecule has 1 atom stereocenters. The molecule has 0 saturated carbocycles. The van der Waals surface area contributed by atoms with Gasteiger partial charge in [-0.1, -0.05) is 24.3 Å². The van der Waals surface area contributed by atoms with Gasteiger partial charge in [0.2, 0.25) is 11.8 Å². The van der Waals surface area contributed by atoms with Gasteiger partial charge in [0.05, 0.1) is 11.1 Å². The van der Waals surface area contributed by atoms with Gasteiger partial charge in [-0.15, -0.1) is 0 Å². The molecule has 1 unspecified atom stereocenters. The molecule has 1 saturated heterocycles. The van der Waals surface area contributed by atoms with Gasteiger partial charge in [0, 0.05) is 25.7 Å². The third-order valence-corrected chi connectivity index (χ3v) is 5.53. The third-order valence-electron chi connectivity index (χ3n) is 5.53. The molecule has 0 aliphatic carbocycles. The molecule has 4 amide bonds. The van der Waals surface area contributed by atoms with Gasteiger partial charge in [-0.25, -0.2) is 0 Å². The van der Waals surface area contributed by atoms with Crippen LogP contribution in [0.15, 0.2) is 42.5 Å². The highest BCUT2D eigenvalue weighted by Gasteiger charge is 2.44. The minimum Gasteiger partial charge on any atom is -0.370 e. The van der Waals surface area contributed by atoms with Gasteiger partial charge in [-0.05, 0) is 42.7 Å². The molecule has 29 heavy (non-hydrogen) atoms. The lowest BCUT2D eigenvalue weighted by Gasteiger charge is -2.27. The fraction of sp³-hybridized carbons (Fsp3) is 0.273. The second-order valence-corrected chi connectivity index (χ2v) is 7.46.